The molecule has 0 spiro atoms. The van der Waals surface area contributed by atoms with E-state index in [4.69, 9.17) is 4.98 Å². The molecule has 1 saturated carbocycles. The highest BCUT2D eigenvalue weighted by atomic mass is 32.2. The number of rotatable bonds is 6. The van der Waals surface area contributed by atoms with Crippen molar-refractivity contribution in [1.29, 1.82) is 0 Å². The van der Waals surface area contributed by atoms with Crippen LogP contribution < -0.4 is 5.32 Å². The molecule has 2 aliphatic rings. The summed E-state index contributed by atoms with van der Waals surface area (Å²) in [4.78, 5) is 19.6. The van der Waals surface area contributed by atoms with Gasteiger partial charge >= 0.3 is 0 Å². The third-order valence-corrected chi connectivity index (χ3v) is 6.73. The Hall–Kier alpha value is -1.01. The Kier molecular flexibility index (Phi) is 6.44. The van der Waals surface area contributed by atoms with Crippen LogP contribution in [0.4, 0.5) is 0 Å². The van der Waals surface area contributed by atoms with Crippen molar-refractivity contribution in [3.05, 3.63) is 11.4 Å². The van der Waals surface area contributed by atoms with Gasteiger partial charge in [0, 0.05) is 30.9 Å². The van der Waals surface area contributed by atoms with Crippen molar-refractivity contribution >= 4 is 17.7 Å². The van der Waals surface area contributed by atoms with E-state index in [0.29, 0.717) is 17.8 Å². The number of thioether (sulfide) groups is 1. The second-order valence-electron chi connectivity index (χ2n) is 7.44. The number of hydrogen-bond donors (Lipinski definition) is 1. The molecule has 1 amide bonds. The molecule has 1 N–H and O–H groups in total. The van der Waals surface area contributed by atoms with E-state index in [2.05, 4.69) is 35.6 Å². The Labute approximate surface area is 155 Å². The molecule has 0 aromatic carbocycles. The second kappa shape index (κ2) is 8.58. The van der Waals surface area contributed by atoms with E-state index in [9.17, 15) is 4.79 Å². The summed E-state index contributed by atoms with van der Waals surface area (Å²) in [5.74, 6) is 0.618. The van der Waals surface area contributed by atoms with Gasteiger partial charge in [0.1, 0.15) is 0 Å². The monoisotopic (exact) mass is 364 g/mol. The number of nitrogens with zero attached hydrogens (tertiary/aromatic N) is 3. The average Bonchev–Trinajstić information content (AvgIpc) is 3.22. The van der Waals surface area contributed by atoms with Gasteiger partial charge in [0.25, 0.3) is 0 Å². The molecular formula is C19H32N4OS. The van der Waals surface area contributed by atoms with Gasteiger partial charge in [-0.3, -0.25) is 4.79 Å². The van der Waals surface area contributed by atoms with Gasteiger partial charge in [0.15, 0.2) is 5.16 Å². The fourth-order valence-corrected chi connectivity index (χ4v) is 5.05. The van der Waals surface area contributed by atoms with Crippen LogP contribution >= 0.6 is 11.8 Å². The molecule has 0 atom stereocenters. The molecule has 0 radical (unpaired) electrons. The highest BCUT2D eigenvalue weighted by Gasteiger charge is 2.24. The smallest absolute Gasteiger partial charge is 0.230 e. The first-order valence-corrected chi connectivity index (χ1v) is 10.8. The minimum Gasteiger partial charge on any atom is -0.353 e. The third-order valence-electron chi connectivity index (χ3n) is 5.78. The zero-order valence-electron chi connectivity index (χ0n) is 15.9. The summed E-state index contributed by atoms with van der Waals surface area (Å²) in [5, 5.41) is 4.25. The van der Waals surface area contributed by atoms with Crippen LogP contribution in [0.15, 0.2) is 5.16 Å². The Bertz CT molecular complexity index is 586. The number of imidazole rings is 1. The van der Waals surface area contributed by atoms with Gasteiger partial charge in [-0.15, -0.1) is 0 Å². The first-order valence-electron chi connectivity index (χ1n) is 9.78. The number of hydrogen-bond acceptors (Lipinski definition) is 4. The van der Waals surface area contributed by atoms with Crippen molar-refractivity contribution in [2.75, 3.05) is 25.4 Å². The Morgan fingerprint density at radius 1 is 1.20 bits per heavy atom. The largest absolute Gasteiger partial charge is 0.353 e. The van der Waals surface area contributed by atoms with Crippen LogP contribution in [0.3, 0.4) is 0 Å². The van der Waals surface area contributed by atoms with Crippen LogP contribution in [0.25, 0.3) is 0 Å². The fraction of sp³-hybridized carbons (Fsp3) is 0.789. The maximum absolute atomic E-state index is 12.4. The predicted molar refractivity (Wildman–Crippen MR) is 103 cm³/mol. The highest BCUT2D eigenvalue weighted by molar-refractivity contribution is 7.99. The molecule has 3 rings (SSSR count). The summed E-state index contributed by atoms with van der Waals surface area (Å²) in [6.07, 6.45) is 7.24. The third kappa shape index (κ3) is 4.59. The molecule has 25 heavy (non-hydrogen) atoms. The first kappa shape index (κ1) is 18.8. The van der Waals surface area contributed by atoms with Crippen molar-refractivity contribution in [3.8, 4) is 0 Å². The van der Waals surface area contributed by atoms with Crippen molar-refractivity contribution in [2.45, 2.75) is 76.5 Å². The summed E-state index contributed by atoms with van der Waals surface area (Å²) in [6, 6.07) is 0.916. The van der Waals surface area contributed by atoms with E-state index in [1.807, 2.05) is 0 Å². The van der Waals surface area contributed by atoms with Crippen LogP contribution in [0.2, 0.25) is 0 Å². The van der Waals surface area contributed by atoms with Crippen molar-refractivity contribution < 1.29 is 4.79 Å². The number of amides is 1. The number of aryl methyl sites for hydroxylation is 1. The normalized spacial score (nSPS) is 20.3. The summed E-state index contributed by atoms with van der Waals surface area (Å²) >= 11 is 1.60. The SMILES string of the molecule is CCN1CCC(NC(=O)CSc2nc(C)c(C)n2C2CCCC2)CC1. The topological polar surface area (TPSA) is 50.2 Å². The Balaban J connectivity index is 1.53. The molecule has 1 aromatic rings. The van der Waals surface area contributed by atoms with Gasteiger partial charge < -0.3 is 14.8 Å². The first-order chi connectivity index (χ1) is 12.1. The maximum Gasteiger partial charge on any atom is 0.230 e. The highest BCUT2D eigenvalue weighted by Crippen LogP contribution is 2.35. The number of carbonyl (C=O) groups excluding carboxylic acids is 1. The predicted octanol–water partition coefficient (Wildman–Crippen LogP) is 3.31. The summed E-state index contributed by atoms with van der Waals surface area (Å²) in [6.45, 7) is 9.74. The van der Waals surface area contributed by atoms with E-state index < -0.39 is 0 Å². The Morgan fingerprint density at radius 3 is 2.52 bits per heavy atom. The lowest BCUT2D eigenvalue weighted by Crippen LogP contribution is -2.45. The molecule has 1 aliphatic carbocycles. The molecular weight excluding hydrogens is 332 g/mol. The Morgan fingerprint density at radius 2 is 1.88 bits per heavy atom. The standard InChI is InChI=1S/C19H32N4OS/c1-4-22-11-9-16(10-12-22)21-18(24)13-25-19-20-14(2)15(3)23(19)17-7-5-6-8-17/h16-17H,4-13H2,1-3H3,(H,21,24). The molecule has 1 aromatic heterocycles. The summed E-state index contributed by atoms with van der Waals surface area (Å²) in [5.41, 5.74) is 2.36. The van der Waals surface area contributed by atoms with Crippen LogP contribution in [-0.4, -0.2) is 51.8 Å². The lowest BCUT2D eigenvalue weighted by atomic mass is 10.1. The van der Waals surface area contributed by atoms with Crippen LogP contribution in [0.5, 0.6) is 0 Å². The number of nitrogens with one attached hydrogen (secondary N) is 1. The van der Waals surface area contributed by atoms with E-state index >= 15 is 0 Å². The molecule has 0 bridgehead atoms. The van der Waals surface area contributed by atoms with E-state index in [1.165, 1.54) is 31.4 Å². The summed E-state index contributed by atoms with van der Waals surface area (Å²) in [7, 11) is 0. The van der Waals surface area contributed by atoms with Gasteiger partial charge in [0.05, 0.1) is 11.4 Å². The minimum atomic E-state index is 0.149. The van der Waals surface area contributed by atoms with E-state index in [0.717, 1.165) is 43.3 Å². The molecule has 2 heterocycles. The van der Waals surface area contributed by atoms with Gasteiger partial charge in [-0.1, -0.05) is 31.5 Å². The number of piperidine rings is 1. The molecule has 5 nitrogen and oxygen atoms in total. The molecule has 2 fully saturated rings. The number of carbonyl (C=O) groups is 1. The molecule has 0 unspecified atom stereocenters. The van der Waals surface area contributed by atoms with E-state index in [-0.39, 0.29) is 5.91 Å². The molecule has 6 heteroatoms. The lowest BCUT2D eigenvalue weighted by molar-refractivity contribution is -0.119. The van der Waals surface area contributed by atoms with Crippen LogP contribution in [-0.2, 0) is 4.79 Å². The number of likely N-dealkylation sites (tertiary alicyclic amines) is 1. The van der Waals surface area contributed by atoms with Crippen molar-refractivity contribution in [3.63, 3.8) is 0 Å². The maximum atomic E-state index is 12.4. The molecule has 1 aliphatic heterocycles. The van der Waals surface area contributed by atoms with Gasteiger partial charge in [-0.05, 0) is 46.1 Å². The molecule has 1 saturated heterocycles. The zero-order chi connectivity index (χ0) is 17.8. The van der Waals surface area contributed by atoms with Gasteiger partial charge in [0.2, 0.25) is 5.91 Å². The van der Waals surface area contributed by atoms with Crippen LogP contribution in [0, 0.1) is 13.8 Å². The van der Waals surface area contributed by atoms with Crippen LogP contribution in [0.1, 0.15) is 62.9 Å². The lowest BCUT2D eigenvalue weighted by Gasteiger charge is -2.31. The fourth-order valence-electron chi connectivity index (χ4n) is 4.08. The van der Waals surface area contributed by atoms with Crippen molar-refractivity contribution in [2.24, 2.45) is 0 Å². The minimum absolute atomic E-state index is 0.149. The zero-order valence-corrected chi connectivity index (χ0v) is 16.7. The van der Waals surface area contributed by atoms with E-state index in [1.54, 1.807) is 11.8 Å². The number of aromatic nitrogens is 2. The second-order valence-corrected chi connectivity index (χ2v) is 8.38. The van der Waals surface area contributed by atoms with Gasteiger partial charge in [-0.25, -0.2) is 4.98 Å². The summed E-state index contributed by atoms with van der Waals surface area (Å²) < 4.78 is 2.39. The van der Waals surface area contributed by atoms with Crippen molar-refractivity contribution in [1.82, 2.24) is 19.8 Å². The van der Waals surface area contributed by atoms with Gasteiger partial charge in [-0.2, -0.15) is 0 Å². The molecule has 140 valence electrons. The average molecular weight is 365 g/mol. The quantitative estimate of drug-likeness (QED) is 0.787.